The van der Waals surface area contributed by atoms with E-state index in [1.54, 1.807) is 12.5 Å². The third-order valence-corrected chi connectivity index (χ3v) is 5.22. The standard InChI is InChI=1S/C21H25N5O4S/c1-14-9-15(26-31(2,3)27)10-18-19(14)20(24-13-23-18)25-17-5-4-6-22-21(17)30-16-11-28-7-8-29-12-16/h4-6,9-10,13,16H,2,7-8,11-12H2,1,3H3,(H,26,27)(H,23,24,25). The van der Waals surface area contributed by atoms with Gasteiger partial charge in [-0.1, -0.05) is 0 Å². The zero-order valence-corrected chi connectivity index (χ0v) is 18.3. The molecule has 0 aliphatic carbocycles. The lowest BCUT2D eigenvalue weighted by atomic mass is 10.1. The highest BCUT2D eigenvalue weighted by Gasteiger charge is 2.18. The second kappa shape index (κ2) is 9.04. The third kappa shape index (κ3) is 5.40. The first kappa shape index (κ1) is 21.3. The Morgan fingerprint density at radius 3 is 2.71 bits per heavy atom. The molecule has 1 aliphatic rings. The van der Waals surface area contributed by atoms with Crippen LogP contribution in [-0.4, -0.2) is 63.8 Å². The summed E-state index contributed by atoms with van der Waals surface area (Å²) in [6.45, 7) is 3.93. The normalized spacial score (nSPS) is 17.0. The Morgan fingerprint density at radius 2 is 1.97 bits per heavy atom. The van der Waals surface area contributed by atoms with E-state index in [1.165, 1.54) is 6.33 Å². The van der Waals surface area contributed by atoms with Crippen LogP contribution in [0.5, 0.6) is 5.88 Å². The van der Waals surface area contributed by atoms with Crippen molar-refractivity contribution < 1.29 is 18.4 Å². The van der Waals surface area contributed by atoms with Crippen LogP contribution in [0.2, 0.25) is 0 Å². The fraction of sp³-hybridized carbons (Fsp3) is 0.333. The highest BCUT2D eigenvalue weighted by atomic mass is 32.2. The second-order valence-electron chi connectivity index (χ2n) is 7.39. The summed E-state index contributed by atoms with van der Waals surface area (Å²) in [4.78, 5) is 13.2. The lowest BCUT2D eigenvalue weighted by molar-refractivity contribution is 0.0573. The summed E-state index contributed by atoms with van der Waals surface area (Å²) in [6.07, 6.45) is 4.45. The Morgan fingerprint density at radius 1 is 1.19 bits per heavy atom. The molecule has 0 amide bonds. The number of ether oxygens (including phenoxy) is 3. The van der Waals surface area contributed by atoms with Crippen LogP contribution in [-0.2, 0) is 19.2 Å². The number of rotatable bonds is 6. The van der Waals surface area contributed by atoms with Gasteiger partial charge in [0.2, 0.25) is 5.88 Å². The summed E-state index contributed by atoms with van der Waals surface area (Å²) in [5, 5.41) is 4.16. The van der Waals surface area contributed by atoms with E-state index in [-0.39, 0.29) is 6.10 Å². The SMILES string of the molecule is C=S(C)(=O)Nc1cc(C)c2c(Nc3cccnc3OC3COCCOC3)ncnc2c1. The largest absolute Gasteiger partial charge is 0.468 e. The summed E-state index contributed by atoms with van der Waals surface area (Å²) in [5.74, 6) is 4.70. The second-order valence-corrected chi connectivity index (χ2v) is 9.60. The van der Waals surface area contributed by atoms with E-state index in [0.717, 1.165) is 10.9 Å². The Balaban J connectivity index is 1.64. The first-order chi connectivity index (χ1) is 14.9. The molecule has 1 unspecified atom stereocenters. The van der Waals surface area contributed by atoms with Crippen molar-refractivity contribution in [2.45, 2.75) is 13.0 Å². The number of aryl methyl sites for hydroxylation is 1. The predicted molar refractivity (Wildman–Crippen MR) is 123 cm³/mol. The molecule has 1 atom stereocenters. The quantitative estimate of drug-likeness (QED) is 0.560. The number of nitrogens with one attached hydrogen (secondary N) is 2. The lowest BCUT2D eigenvalue weighted by Crippen LogP contribution is -2.26. The van der Waals surface area contributed by atoms with Crippen molar-refractivity contribution in [2.24, 2.45) is 0 Å². The van der Waals surface area contributed by atoms with Gasteiger partial charge in [0.25, 0.3) is 0 Å². The van der Waals surface area contributed by atoms with Gasteiger partial charge in [-0.05, 0) is 42.6 Å². The maximum atomic E-state index is 12.0. The van der Waals surface area contributed by atoms with E-state index in [1.807, 2.05) is 31.2 Å². The maximum absolute atomic E-state index is 12.0. The van der Waals surface area contributed by atoms with Crippen LogP contribution < -0.4 is 14.8 Å². The molecule has 0 saturated carbocycles. The summed E-state index contributed by atoms with van der Waals surface area (Å²) < 4.78 is 32.0. The molecule has 1 saturated heterocycles. The highest BCUT2D eigenvalue weighted by Crippen LogP contribution is 2.32. The van der Waals surface area contributed by atoms with E-state index >= 15 is 0 Å². The van der Waals surface area contributed by atoms with Crippen LogP contribution in [0.15, 0.2) is 36.8 Å². The van der Waals surface area contributed by atoms with Crippen molar-refractivity contribution in [3.05, 3.63) is 42.4 Å². The van der Waals surface area contributed by atoms with Gasteiger partial charge in [0.05, 0.1) is 31.9 Å². The summed E-state index contributed by atoms with van der Waals surface area (Å²) in [5.41, 5.74) is 2.99. The number of fused-ring (bicyclic) bond motifs is 1. The van der Waals surface area contributed by atoms with Crippen molar-refractivity contribution in [3.8, 4) is 5.88 Å². The van der Waals surface area contributed by atoms with E-state index in [9.17, 15) is 4.21 Å². The van der Waals surface area contributed by atoms with Crippen LogP contribution in [0.25, 0.3) is 10.9 Å². The molecule has 1 aliphatic heterocycles. The summed E-state index contributed by atoms with van der Waals surface area (Å²) in [6, 6.07) is 7.41. The zero-order valence-electron chi connectivity index (χ0n) is 17.5. The van der Waals surface area contributed by atoms with Crippen LogP contribution >= 0.6 is 0 Å². The molecule has 9 nitrogen and oxygen atoms in total. The molecule has 3 aromatic rings. The van der Waals surface area contributed by atoms with Gasteiger partial charge in [-0.25, -0.2) is 19.2 Å². The molecule has 2 N–H and O–H groups in total. The van der Waals surface area contributed by atoms with E-state index in [2.05, 4.69) is 30.9 Å². The molecular weight excluding hydrogens is 418 g/mol. The van der Waals surface area contributed by atoms with Gasteiger partial charge in [-0.15, -0.1) is 0 Å². The number of anilines is 3. The van der Waals surface area contributed by atoms with Crippen LogP contribution in [0.4, 0.5) is 17.2 Å². The molecule has 0 radical (unpaired) electrons. The van der Waals surface area contributed by atoms with Crippen molar-refractivity contribution >= 4 is 43.7 Å². The summed E-state index contributed by atoms with van der Waals surface area (Å²) >= 11 is 0. The van der Waals surface area contributed by atoms with Crippen LogP contribution in [0.3, 0.4) is 0 Å². The fourth-order valence-electron chi connectivity index (χ4n) is 3.32. The lowest BCUT2D eigenvalue weighted by Gasteiger charge is -2.18. The Bertz CT molecular complexity index is 1180. The molecule has 4 rings (SSSR count). The van der Waals surface area contributed by atoms with Gasteiger partial charge >= 0.3 is 0 Å². The molecule has 10 heteroatoms. The molecule has 164 valence electrons. The molecule has 0 spiro atoms. The monoisotopic (exact) mass is 443 g/mol. The Labute approximate surface area is 181 Å². The maximum Gasteiger partial charge on any atom is 0.238 e. The van der Waals surface area contributed by atoms with Gasteiger partial charge < -0.3 is 24.2 Å². The van der Waals surface area contributed by atoms with Crippen LogP contribution in [0, 0.1) is 6.92 Å². The van der Waals surface area contributed by atoms with Gasteiger partial charge in [0.15, 0.2) is 0 Å². The van der Waals surface area contributed by atoms with E-state index < -0.39 is 9.71 Å². The average molecular weight is 444 g/mol. The predicted octanol–water partition coefficient (Wildman–Crippen LogP) is 2.54. The van der Waals surface area contributed by atoms with Crippen molar-refractivity contribution in [3.63, 3.8) is 0 Å². The molecule has 3 heterocycles. The number of benzene rings is 1. The first-order valence-corrected chi connectivity index (χ1v) is 11.9. The van der Waals surface area contributed by atoms with Gasteiger partial charge in [-0.3, -0.25) is 0 Å². The average Bonchev–Trinajstić information content (AvgIpc) is 2.97. The minimum atomic E-state index is -2.40. The zero-order chi connectivity index (χ0) is 21.8. The number of nitrogens with zero attached hydrogens (tertiary/aromatic N) is 3. The van der Waals surface area contributed by atoms with Crippen LogP contribution in [0.1, 0.15) is 5.56 Å². The fourth-order valence-corrected chi connectivity index (χ4v) is 3.94. The topological polar surface area (TPSA) is 107 Å². The van der Waals surface area contributed by atoms with E-state index in [4.69, 9.17) is 14.2 Å². The molecule has 2 aromatic heterocycles. The Hall–Kier alpha value is -2.95. The minimum Gasteiger partial charge on any atom is -0.468 e. The van der Waals surface area contributed by atoms with Gasteiger partial charge in [0.1, 0.15) is 23.9 Å². The van der Waals surface area contributed by atoms with Gasteiger partial charge in [-0.2, -0.15) is 0 Å². The number of hydrogen-bond donors (Lipinski definition) is 2. The Kier molecular flexibility index (Phi) is 6.21. The van der Waals surface area contributed by atoms with Crippen molar-refractivity contribution in [1.29, 1.82) is 0 Å². The smallest absolute Gasteiger partial charge is 0.238 e. The summed E-state index contributed by atoms with van der Waals surface area (Å²) in [7, 11) is -2.40. The number of aromatic nitrogens is 3. The molecule has 0 bridgehead atoms. The first-order valence-electron chi connectivity index (χ1n) is 9.78. The molecular formula is C21H25N5O4S. The third-order valence-electron chi connectivity index (χ3n) is 4.55. The van der Waals surface area contributed by atoms with E-state index in [0.29, 0.717) is 55.0 Å². The van der Waals surface area contributed by atoms with Gasteiger partial charge in [0, 0.05) is 33.2 Å². The minimum absolute atomic E-state index is 0.248. The molecule has 1 aromatic carbocycles. The van der Waals surface area contributed by atoms with Crippen molar-refractivity contribution in [1.82, 2.24) is 15.0 Å². The number of pyridine rings is 1. The molecule has 31 heavy (non-hydrogen) atoms. The molecule has 1 fully saturated rings. The number of hydrogen-bond acceptors (Lipinski definition) is 8. The highest BCUT2D eigenvalue weighted by molar-refractivity contribution is 8.00. The van der Waals surface area contributed by atoms with Crippen molar-refractivity contribution in [2.75, 3.05) is 42.7 Å².